The summed E-state index contributed by atoms with van der Waals surface area (Å²) in [7, 11) is 0. The minimum atomic E-state index is -0.286. The summed E-state index contributed by atoms with van der Waals surface area (Å²) in [4.78, 5) is 21.2. The zero-order chi connectivity index (χ0) is 9.68. The summed E-state index contributed by atoms with van der Waals surface area (Å²) in [6.07, 6.45) is 0.405. The van der Waals surface area contributed by atoms with E-state index in [-0.39, 0.29) is 11.8 Å². The van der Waals surface area contributed by atoms with Gasteiger partial charge in [-0.3, -0.25) is 14.9 Å². The number of hydrogen-bond donors (Lipinski definition) is 1. The molecule has 0 aromatic heterocycles. The molecule has 0 aliphatic carbocycles. The first-order valence-electron chi connectivity index (χ1n) is 4.04. The summed E-state index contributed by atoms with van der Waals surface area (Å²) in [6.45, 7) is 1.76. The van der Waals surface area contributed by atoms with Gasteiger partial charge in [-0.15, -0.1) is 0 Å². The van der Waals surface area contributed by atoms with E-state index in [0.29, 0.717) is 6.41 Å². The van der Waals surface area contributed by atoms with Crippen LogP contribution in [0.25, 0.3) is 0 Å². The highest BCUT2D eigenvalue weighted by molar-refractivity contribution is 5.90. The van der Waals surface area contributed by atoms with E-state index < -0.39 is 0 Å². The van der Waals surface area contributed by atoms with Crippen LogP contribution in [0.4, 0.5) is 0 Å². The van der Waals surface area contributed by atoms with E-state index in [4.69, 9.17) is 0 Å². The molecule has 68 valence electrons. The van der Waals surface area contributed by atoms with Gasteiger partial charge in [-0.1, -0.05) is 30.3 Å². The second-order valence-corrected chi connectivity index (χ2v) is 2.76. The van der Waals surface area contributed by atoms with Crippen LogP contribution >= 0.6 is 0 Å². The largest absolute Gasteiger partial charge is 0.299 e. The second kappa shape index (κ2) is 4.40. The van der Waals surface area contributed by atoms with Crippen molar-refractivity contribution in [1.29, 1.82) is 0 Å². The minimum absolute atomic E-state index is 0.277. The molecule has 0 aliphatic rings. The quantitative estimate of drug-likeness (QED) is 0.702. The summed E-state index contributed by atoms with van der Waals surface area (Å²) in [6, 6.07) is 9.32. The molecule has 2 amide bonds. The van der Waals surface area contributed by atoms with Crippen LogP contribution < -0.4 is 5.32 Å². The van der Waals surface area contributed by atoms with Gasteiger partial charge in [0.25, 0.3) is 0 Å². The van der Waals surface area contributed by atoms with Gasteiger partial charge in [0.15, 0.2) is 0 Å². The fourth-order valence-corrected chi connectivity index (χ4v) is 1.08. The lowest BCUT2D eigenvalue weighted by Gasteiger charge is -2.08. The topological polar surface area (TPSA) is 46.2 Å². The van der Waals surface area contributed by atoms with Gasteiger partial charge in [0.1, 0.15) is 0 Å². The highest BCUT2D eigenvalue weighted by Gasteiger charge is 2.13. The van der Waals surface area contributed by atoms with Crippen LogP contribution in [0.2, 0.25) is 0 Å². The van der Waals surface area contributed by atoms with E-state index in [1.807, 2.05) is 30.3 Å². The summed E-state index contributed by atoms with van der Waals surface area (Å²) in [5.41, 5.74) is 0.904. The van der Waals surface area contributed by atoms with Crippen molar-refractivity contribution >= 4 is 12.3 Å². The van der Waals surface area contributed by atoms with Crippen LogP contribution in [-0.2, 0) is 9.59 Å². The van der Waals surface area contributed by atoms with Gasteiger partial charge in [0.2, 0.25) is 12.3 Å². The molecule has 0 bridgehead atoms. The molecule has 1 N–H and O–H groups in total. The van der Waals surface area contributed by atoms with Gasteiger partial charge in [0.05, 0.1) is 5.92 Å². The Hall–Kier alpha value is -1.64. The van der Waals surface area contributed by atoms with Crippen LogP contribution in [0.5, 0.6) is 0 Å². The lowest BCUT2D eigenvalue weighted by atomic mass is 10.0. The third-order valence-electron chi connectivity index (χ3n) is 1.89. The average Bonchev–Trinajstić information content (AvgIpc) is 2.18. The Bertz CT molecular complexity index is 295. The number of rotatable bonds is 3. The van der Waals surface area contributed by atoms with Gasteiger partial charge in [-0.05, 0) is 12.5 Å². The van der Waals surface area contributed by atoms with Crippen LogP contribution in [0, 0.1) is 0 Å². The molecule has 0 spiro atoms. The maximum atomic E-state index is 11.2. The zero-order valence-electron chi connectivity index (χ0n) is 7.36. The minimum Gasteiger partial charge on any atom is -0.299 e. The molecule has 0 aliphatic heterocycles. The van der Waals surface area contributed by atoms with E-state index >= 15 is 0 Å². The number of benzene rings is 1. The monoisotopic (exact) mass is 177 g/mol. The molecule has 0 heterocycles. The molecule has 0 radical (unpaired) electrons. The average molecular weight is 177 g/mol. The number of amides is 2. The predicted molar refractivity (Wildman–Crippen MR) is 49.1 cm³/mol. The van der Waals surface area contributed by atoms with Gasteiger partial charge >= 0.3 is 0 Å². The molecule has 13 heavy (non-hydrogen) atoms. The molecule has 0 saturated carbocycles. The Labute approximate surface area is 76.8 Å². The third kappa shape index (κ3) is 2.40. The Morgan fingerprint density at radius 1 is 1.38 bits per heavy atom. The molecule has 3 heteroatoms. The van der Waals surface area contributed by atoms with Crippen molar-refractivity contribution in [1.82, 2.24) is 5.32 Å². The summed E-state index contributed by atoms with van der Waals surface area (Å²) in [5, 5.41) is 2.12. The van der Waals surface area contributed by atoms with Gasteiger partial charge in [-0.2, -0.15) is 0 Å². The fraction of sp³-hybridized carbons (Fsp3) is 0.200. The first kappa shape index (κ1) is 9.45. The molecule has 1 aromatic rings. The van der Waals surface area contributed by atoms with Crippen LogP contribution in [0.15, 0.2) is 30.3 Å². The van der Waals surface area contributed by atoms with Crippen molar-refractivity contribution in [2.75, 3.05) is 0 Å². The fourth-order valence-electron chi connectivity index (χ4n) is 1.08. The van der Waals surface area contributed by atoms with Crippen LogP contribution in [0.3, 0.4) is 0 Å². The Morgan fingerprint density at radius 2 is 2.00 bits per heavy atom. The van der Waals surface area contributed by atoms with Crippen molar-refractivity contribution < 1.29 is 9.59 Å². The molecule has 1 rings (SSSR count). The number of carbonyl (C=O) groups is 2. The standard InChI is InChI=1S/C10H11NO2/c1-8(10(13)11-7-12)9-5-3-2-4-6-9/h2-8H,1H3,(H,11,12,13). The van der Waals surface area contributed by atoms with E-state index in [1.54, 1.807) is 6.92 Å². The third-order valence-corrected chi connectivity index (χ3v) is 1.89. The van der Waals surface area contributed by atoms with Crippen LogP contribution in [-0.4, -0.2) is 12.3 Å². The number of imide groups is 1. The molecule has 0 fully saturated rings. The van der Waals surface area contributed by atoms with Crippen molar-refractivity contribution in [2.24, 2.45) is 0 Å². The highest BCUT2D eigenvalue weighted by Crippen LogP contribution is 2.13. The van der Waals surface area contributed by atoms with Gasteiger partial charge < -0.3 is 0 Å². The molecule has 0 saturated heterocycles. The highest BCUT2D eigenvalue weighted by atomic mass is 16.2. The molecule has 1 unspecified atom stereocenters. The Balaban J connectivity index is 2.73. The summed E-state index contributed by atoms with van der Waals surface area (Å²) < 4.78 is 0. The number of nitrogens with one attached hydrogen (secondary N) is 1. The molecule has 1 atom stereocenters. The SMILES string of the molecule is CC(C(=O)NC=O)c1ccccc1. The Kier molecular flexibility index (Phi) is 3.20. The summed E-state index contributed by atoms with van der Waals surface area (Å²) in [5.74, 6) is -0.562. The van der Waals surface area contributed by atoms with E-state index in [2.05, 4.69) is 5.32 Å². The van der Waals surface area contributed by atoms with Crippen molar-refractivity contribution in [3.63, 3.8) is 0 Å². The molecular weight excluding hydrogens is 166 g/mol. The smallest absolute Gasteiger partial charge is 0.233 e. The van der Waals surface area contributed by atoms with Crippen molar-refractivity contribution in [3.8, 4) is 0 Å². The predicted octanol–water partition coefficient (Wildman–Crippen LogP) is 1.06. The van der Waals surface area contributed by atoms with Crippen LogP contribution in [0.1, 0.15) is 18.4 Å². The second-order valence-electron chi connectivity index (χ2n) is 2.76. The molecule has 1 aromatic carbocycles. The maximum Gasteiger partial charge on any atom is 0.233 e. The summed E-state index contributed by atoms with van der Waals surface area (Å²) >= 11 is 0. The van der Waals surface area contributed by atoms with E-state index in [1.165, 1.54) is 0 Å². The van der Waals surface area contributed by atoms with Crippen molar-refractivity contribution in [3.05, 3.63) is 35.9 Å². The first-order valence-corrected chi connectivity index (χ1v) is 4.04. The van der Waals surface area contributed by atoms with E-state index in [0.717, 1.165) is 5.56 Å². The van der Waals surface area contributed by atoms with E-state index in [9.17, 15) is 9.59 Å². The van der Waals surface area contributed by atoms with Gasteiger partial charge in [-0.25, -0.2) is 0 Å². The normalized spacial score (nSPS) is 11.8. The first-order chi connectivity index (χ1) is 6.25. The lowest BCUT2D eigenvalue weighted by Crippen LogP contribution is -2.26. The molecular formula is C10H11NO2. The van der Waals surface area contributed by atoms with Crippen molar-refractivity contribution in [2.45, 2.75) is 12.8 Å². The zero-order valence-corrected chi connectivity index (χ0v) is 7.36. The molecule has 3 nitrogen and oxygen atoms in total. The maximum absolute atomic E-state index is 11.2. The Morgan fingerprint density at radius 3 is 2.54 bits per heavy atom. The lowest BCUT2D eigenvalue weighted by molar-refractivity contribution is -0.126. The van der Waals surface area contributed by atoms with Gasteiger partial charge in [0, 0.05) is 0 Å². The number of carbonyl (C=O) groups excluding carboxylic acids is 2. The number of hydrogen-bond acceptors (Lipinski definition) is 2.